The Labute approximate surface area is 120 Å². The largest absolute Gasteiger partial charge is 0.387 e. The minimum atomic E-state index is -0.573. The number of aliphatic hydroxyl groups excluding tert-OH is 1. The third-order valence-electron chi connectivity index (χ3n) is 3.20. The molecule has 20 heavy (non-hydrogen) atoms. The lowest BCUT2D eigenvalue weighted by atomic mass is 10.00. The van der Waals surface area contributed by atoms with Gasteiger partial charge in [-0.3, -0.25) is 4.79 Å². The molecule has 4 nitrogen and oxygen atoms in total. The molecule has 0 spiro atoms. The molecule has 0 aliphatic carbocycles. The van der Waals surface area contributed by atoms with Crippen molar-refractivity contribution in [3.05, 3.63) is 42.5 Å². The Morgan fingerprint density at radius 2 is 2.00 bits per heavy atom. The van der Waals surface area contributed by atoms with Crippen LogP contribution in [0.4, 0.5) is 5.69 Å². The van der Waals surface area contributed by atoms with E-state index in [1.165, 1.54) is 0 Å². The van der Waals surface area contributed by atoms with Crippen LogP contribution < -0.4 is 10.6 Å². The lowest BCUT2D eigenvalue weighted by Gasteiger charge is -2.23. The molecule has 2 atom stereocenters. The van der Waals surface area contributed by atoms with Crippen molar-refractivity contribution in [3.8, 4) is 0 Å². The molecule has 2 unspecified atom stereocenters. The fraction of sp³-hybridized carbons (Fsp3) is 0.438. The van der Waals surface area contributed by atoms with Crippen molar-refractivity contribution in [3.63, 3.8) is 0 Å². The van der Waals surface area contributed by atoms with Crippen molar-refractivity contribution in [1.29, 1.82) is 0 Å². The second kappa shape index (κ2) is 8.51. The van der Waals surface area contributed by atoms with E-state index in [1.807, 2.05) is 38.1 Å². The predicted octanol–water partition coefficient (Wildman–Crippen LogP) is 2.62. The van der Waals surface area contributed by atoms with Crippen LogP contribution in [0.3, 0.4) is 0 Å². The Bertz CT molecular complexity index is 429. The van der Waals surface area contributed by atoms with Crippen LogP contribution in [0.5, 0.6) is 0 Å². The van der Waals surface area contributed by atoms with Crippen molar-refractivity contribution >= 4 is 11.6 Å². The van der Waals surface area contributed by atoms with Crippen LogP contribution in [0.2, 0.25) is 0 Å². The smallest absolute Gasteiger partial charge is 0.224 e. The number of anilines is 1. The molecule has 4 heteroatoms. The number of benzene rings is 1. The van der Waals surface area contributed by atoms with E-state index < -0.39 is 6.10 Å². The summed E-state index contributed by atoms with van der Waals surface area (Å²) in [6.45, 7) is 8.17. The van der Waals surface area contributed by atoms with Gasteiger partial charge in [0.15, 0.2) is 0 Å². The van der Waals surface area contributed by atoms with Crippen molar-refractivity contribution in [1.82, 2.24) is 5.32 Å². The zero-order valence-electron chi connectivity index (χ0n) is 12.2. The molecular formula is C16H24N2O2. The summed E-state index contributed by atoms with van der Waals surface area (Å²) in [5.74, 6) is -0.0163. The maximum Gasteiger partial charge on any atom is 0.224 e. The van der Waals surface area contributed by atoms with Gasteiger partial charge in [0.1, 0.15) is 0 Å². The van der Waals surface area contributed by atoms with Gasteiger partial charge < -0.3 is 15.7 Å². The topological polar surface area (TPSA) is 61.4 Å². The summed E-state index contributed by atoms with van der Waals surface area (Å²) in [5.41, 5.74) is 1.59. The minimum absolute atomic E-state index is 0.0101. The molecule has 0 saturated carbocycles. The normalized spacial score (nSPS) is 13.6. The van der Waals surface area contributed by atoms with E-state index in [4.69, 9.17) is 0 Å². The van der Waals surface area contributed by atoms with Gasteiger partial charge in [0.2, 0.25) is 5.91 Å². The van der Waals surface area contributed by atoms with Gasteiger partial charge in [-0.05, 0) is 24.1 Å². The minimum Gasteiger partial charge on any atom is -0.387 e. The molecule has 0 saturated heterocycles. The number of hydrogen-bond acceptors (Lipinski definition) is 3. The summed E-state index contributed by atoms with van der Waals surface area (Å²) in [6.07, 6.45) is 2.48. The van der Waals surface area contributed by atoms with E-state index in [9.17, 15) is 9.90 Å². The lowest BCUT2D eigenvalue weighted by molar-refractivity contribution is -0.115. The summed E-state index contributed by atoms with van der Waals surface area (Å²) < 4.78 is 0. The molecule has 0 bridgehead atoms. The fourth-order valence-corrected chi connectivity index (χ4v) is 1.96. The number of nitrogens with one attached hydrogen (secondary N) is 2. The van der Waals surface area contributed by atoms with Gasteiger partial charge in [0.25, 0.3) is 0 Å². The third-order valence-corrected chi connectivity index (χ3v) is 3.20. The lowest BCUT2D eigenvalue weighted by Crippen LogP contribution is -2.34. The van der Waals surface area contributed by atoms with Gasteiger partial charge in [-0.15, -0.1) is 6.58 Å². The third kappa shape index (κ3) is 4.79. The maximum atomic E-state index is 11.3. The zero-order valence-corrected chi connectivity index (χ0v) is 12.2. The number of hydrogen-bond donors (Lipinski definition) is 3. The van der Waals surface area contributed by atoms with Gasteiger partial charge in [0.05, 0.1) is 6.10 Å². The number of rotatable bonds is 8. The molecule has 1 aromatic carbocycles. The highest BCUT2D eigenvalue weighted by Crippen LogP contribution is 2.21. The SMILES string of the molecule is C=CCNC(CC)C(O)c1ccc(NC(=O)CC)cc1. The van der Waals surface area contributed by atoms with Crippen molar-refractivity contribution in [2.45, 2.75) is 38.8 Å². The summed E-state index contributed by atoms with van der Waals surface area (Å²) in [4.78, 5) is 11.3. The highest BCUT2D eigenvalue weighted by atomic mass is 16.3. The summed E-state index contributed by atoms with van der Waals surface area (Å²) in [5, 5.41) is 16.4. The van der Waals surface area contributed by atoms with Crippen molar-refractivity contribution in [2.75, 3.05) is 11.9 Å². The number of aliphatic hydroxyl groups is 1. The Kier molecular flexibility index (Phi) is 6.98. The molecule has 0 aliphatic heterocycles. The van der Waals surface area contributed by atoms with Crippen LogP contribution in [-0.2, 0) is 4.79 Å². The van der Waals surface area contributed by atoms with E-state index in [0.29, 0.717) is 13.0 Å². The van der Waals surface area contributed by atoms with Crippen molar-refractivity contribution in [2.24, 2.45) is 0 Å². The molecule has 1 rings (SSSR count). The second-order valence-electron chi connectivity index (χ2n) is 4.68. The highest BCUT2D eigenvalue weighted by molar-refractivity contribution is 5.90. The first-order chi connectivity index (χ1) is 9.62. The second-order valence-corrected chi connectivity index (χ2v) is 4.68. The van der Waals surface area contributed by atoms with E-state index in [1.54, 1.807) is 6.08 Å². The Morgan fingerprint density at radius 1 is 1.35 bits per heavy atom. The number of carbonyl (C=O) groups excluding carboxylic acids is 1. The van der Waals surface area contributed by atoms with E-state index in [0.717, 1.165) is 17.7 Å². The Hall–Kier alpha value is -1.65. The summed E-state index contributed by atoms with van der Waals surface area (Å²) in [7, 11) is 0. The maximum absolute atomic E-state index is 11.3. The molecule has 0 aromatic heterocycles. The first-order valence-electron chi connectivity index (χ1n) is 7.04. The predicted molar refractivity (Wildman–Crippen MR) is 82.6 cm³/mol. The van der Waals surface area contributed by atoms with Gasteiger partial charge in [0, 0.05) is 24.7 Å². The highest BCUT2D eigenvalue weighted by Gasteiger charge is 2.18. The Morgan fingerprint density at radius 3 is 2.50 bits per heavy atom. The Balaban J connectivity index is 2.70. The molecule has 1 amide bonds. The quantitative estimate of drug-likeness (QED) is 0.640. The average molecular weight is 276 g/mol. The molecule has 1 aromatic rings. The molecule has 0 aliphatic rings. The van der Waals surface area contributed by atoms with Gasteiger partial charge >= 0.3 is 0 Å². The van der Waals surface area contributed by atoms with Crippen LogP contribution in [0.25, 0.3) is 0 Å². The van der Waals surface area contributed by atoms with Crippen LogP contribution in [-0.4, -0.2) is 23.6 Å². The summed E-state index contributed by atoms with van der Waals surface area (Å²) in [6, 6.07) is 7.30. The van der Waals surface area contributed by atoms with E-state index >= 15 is 0 Å². The molecular weight excluding hydrogens is 252 g/mol. The van der Waals surface area contributed by atoms with Crippen LogP contribution in [0.1, 0.15) is 38.4 Å². The van der Waals surface area contributed by atoms with Crippen LogP contribution in [0, 0.1) is 0 Å². The molecule has 0 heterocycles. The monoisotopic (exact) mass is 276 g/mol. The molecule has 0 radical (unpaired) electrons. The van der Waals surface area contributed by atoms with E-state index in [2.05, 4.69) is 17.2 Å². The van der Waals surface area contributed by atoms with Gasteiger partial charge in [-0.2, -0.15) is 0 Å². The average Bonchev–Trinajstić information content (AvgIpc) is 2.48. The van der Waals surface area contributed by atoms with Crippen LogP contribution in [0.15, 0.2) is 36.9 Å². The van der Waals surface area contributed by atoms with Gasteiger partial charge in [-0.1, -0.05) is 32.1 Å². The van der Waals surface area contributed by atoms with Gasteiger partial charge in [-0.25, -0.2) is 0 Å². The molecule has 0 fully saturated rings. The van der Waals surface area contributed by atoms with Crippen molar-refractivity contribution < 1.29 is 9.90 Å². The number of amides is 1. The number of carbonyl (C=O) groups is 1. The zero-order chi connectivity index (χ0) is 15.0. The molecule has 3 N–H and O–H groups in total. The van der Waals surface area contributed by atoms with Crippen LogP contribution >= 0.6 is 0 Å². The summed E-state index contributed by atoms with van der Waals surface area (Å²) >= 11 is 0. The fourth-order valence-electron chi connectivity index (χ4n) is 1.96. The first kappa shape index (κ1) is 16.4. The standard InChI is InChI=1S/C16H24N2O2/c1-4-11-17-14(5-2)16(20)12-7-9-13(10-8-12)18-15(19)6-3/h4,7-10,14,16-17,20H,1,5-6,11H2,2-3H3,(H,18,19). The van der Waals surface area contributed by atoms with E-state index in [-0.39, 0.29) is 11.9 Å². The molecule has 110 valence electrons. The first-order valence-corrected chi connectivity index (χ1v) is 7.04.